The Kier molecular flexibility index (Phi) is 7.97. The number of carbonyl (C=O) groups excluding carboxylic acids is 1. The highest BCUT2D eigenvalue weighted by Crippen LogP contribution is 2.46. The van der Waals surface area contributed by atoms with Gasteiger partial charge in [0.05, 0.1) is 22.9 Å². The largest absolute Gasteiger partial charge is 0.573 e. The molecule has 0 radical (unpaired) electrons. The summed E-state index contributed by atoms with van der Waals surface area (Å²) in [6.45, 7) is 1.10. The average molecular weight is 617 g/mol. The van der Waals surface area contributed by atoms with E-state index in [1.165, 1.54) is 29.5 Å². The second-order valence-corrected chi connectivity index (χ2v) is 11.5. The van der Waals surface area contributed by atoms with E-state index in [9.17, 15) is 22.8 Å². The Balaban J connectivity index is 1.12. The fraction of sp³-hybridized carbons (Fsp3) is 0.379. The zero-order chi connectivity index (χ0) is 30.1. The minimum absolute atomic E-state index is 0.0779. The number of piperidine rings is 1. The summed E-state index contributed by atoms with van der Waals surface area (Å²) in [6, 6.07) is 11.1. The van der Waals surface area contributed by atoms with Crippen LogP contribution in [-0.4, -0.2) is 59.7 Å². The molecule has 1 saturated carbocycles. The number of aliphatic carboxylic acids is 1. The second-order valence-electron chi connectivity index (χ2n) is 10.5. The van der Waals surface area contributed by atoms with Crippen molar-refractivity contribution in [2.24, 2.45) is 0 Å². The molecule has 2 aromatic carbocycles. The van der Waals surface area contributed by atoms with Gasteiger partial charge in [-0.2, -0.15) is 0 Å². The molecule has 10 nitrogen and oxygen atoms in total. The van der Waals surface area contributed by atoms with E-state index in [0.29, 0.717) is 55.0 Å². The summed E-state index contributed by atoms with van der Waals surface area (Å²) in [5.74, 6) is -0.616. The average Bonchev–Trinajstić information content (AvgIpc) is 3.59. The van der Waals surface area contributed by atoms with Gasteiger partial charge in [0.1, 0.15) is 23.7 Å². The van der Waals surface area contributed by atoms with Gasteiger partial charge >= 0.3 is 12.3 Å². The maximum absolute atomic E-state index is 13.1. The minimum atomic E-state index is -4.84. The van der Waals surface area contributed by atoms with E-state index in [-0.39, 0.29) is 29.9 Å². The lowest BCUT2D eigenvalue weighted by atomic mass is 10.0. The Labute approximate surface area is 247 Å². The molecule has 6 rings (SSSR count). The number of carboxylic acids is 1. The van der Waals surface area contributed by atoms with Crippen molar-refractivity contribution in [2.75, 3.05) is 29.4 Å². The molecule has 1 amide bonds. The van der Waals surface area contributed by atoms with Gasteiger partial charge < -0.3 is 28.9 Å². The van der Waals surface area contributed by atoms with Crippen LogP contribution in [0, 0.1) is 0 Å². The maximum Gasteiger partial charge on any atom is 0.573 e. The number of hydrogen-bond acceptors (Lipinski definition) is 9. The van der Waals surface area contributed by atoms with Crippen LogP contribution in [-0.2, 0) is 20.9 Å². The van der Waals surface area contributed by atoms with Crippen LogP contribution in [0.2, 0.25) is 0 Å². The zero-order valence-electron chi connectivity index (χ0n) is 22.7. The molecule has 2 fully saturated rings. The van der Waals surface area contributed by atoms with Crippen LogP contribution in [0.5, 0.6) is 5.75 Å². The highest BCUT2D eigenvalue weighted by Gasteiger charge is 2.36. The van der Waals surface area contributed by atoms with Gasteiger partial charge in [0.15, 0.2) is 5.13 Å². The number of fused-ring (bicyclic) bond motifs is 1. The van der Waals surface area contributed by atoms with Crippen molar-refractivity contribution in [3.05, 3.63) is 53.8 Å². The van der Waals surface area contributed by atoms with Crippen LogP contribution in [0.1, 0.15) is 42.9 Å². The van der Waals surface area contributed by atoms with Gasteiger partial charge in [-0.1, -0.05) is 28.6 Å². The monoisotopic (exact) mass is 616 g/mol. The molecule has 226 valence electrons. The van der Waals surface area contributed by atoms with Crippen LogP contribution < -0.4 is 14.5 Å². The molecular weight excluding hydrogens is 589 g/mol. The first-order chi connectivity index (χ1) is 20.7. The SMILES string of the molecule is O=CN(CC(=O)O)c1ccc2nc(N3CCC(OCc4c(-c5ccccc5OC(F)(F)F)noc4C4CC4)CC3)sc2c1. The molecule has 1 saturated heterocycles. The summed E-state index contributed by atoms with van der Waals surface area (Å²) in [5, 5.41) is 14.0. The molecule has 0 unspecified atom stereocenters. The lowest BCUT2D eigenvalue weighted by Gasteiger charge is -2.31. The predicted molar refractivity (Wildman–Crippen MR) is 151 cm³/mol. The lowest BCUT2D eigenvalue weighted by Crippen LogP contribution is -2.36. The Morgan fingerprint density at radius 1 is 1.16 bits per heavy atom. The molecule has 2 aliphatic rings. The Morgan fingerprint density at radius 2 is 1.93 bits per heavy atom. The van der Waals surface area contributed by atoms with Gasteiger partial charge in [-0.3, -0.25) is 9.59 Å². The number of para-hydroxylation sites is 1. The van der Waals surface area contributed by atoms with Gasteiger partial charge in [0.2, 0.25) is 6.41 Å². The molecule has 1 N–H and O–H groups in total. The van der Waals surface area contributed by atoms with E-state index in [2.05, 4.69) is 14.8 Å². The maximum atomic E-state index is 13.1. The summed E-state index contributed by atoms with van der Waals surface area (Å²) in [6.07, 6.45) is -1.14. The summed E-state index contributed by atoms with van der Waals surface area (Å²) in [7, 11) is 0. The number of nitrogens with zero attached hydrogens (tertiary/aromatic N) is 4. The number of aromatic nitrogens is 2. The van der Waals surface area contributed by atoms with Crippen molar-refractivity contribution >= 4 is 44.8 Å². The van der Waals surface area contributed by atoms with Crippen LogP contribution in [0.25, 0.3) is 21.5 Å². The molecule has 14 heteroatoms. The molecule has 0 atom stereocenters. The number of ether oxygens (including phenoxy) is 2. The summed E-state index contributed by atoms with van der Waals surface area (Å²) < 4.78 is 56.2. The van der Waals surface area contributed by atoms with Crippen molar-refractivity contribution in [1.82, 2.24) is 10.1 Å². The van der Waals surface area contributed by atoms with E-state index >= 15 is 0 Å². The molecule has 1 aliphatic carbocycles. The third-order valence-corrected chi connectivity index (χ3v) is 8.51. The number of hydrogen-bond donors (Lipinski definition) is 1. The number of thiazole rings is 1. The van der Waals surface area contributed by atoms with Crippen molar-refractivity contribution in [3.8, 4) is 17.0 Å². The molecular formula is C29H27F3N4O6S. The molecule has 2 aromatic heterocycles. The number of amides is 1. The number of halogens is 3. The molecule has 4 aromatic rings. The number of anilines is 2. The number of alkyl halides is 3. The van der Waals surface area contributed by atoms with Crippen LogP contribution >= 0.6 is 11.3 Å². The van der Waals surface area contributed by atoms with Gasteiger partial charge in [0, 0.05) is 35.8 Å². The van der Waals surface area contributed by atoms with E-state index in [4.69, 9.17) is 19.4 Å². The molecule has 3 heterocycles. The first-order valence-corrected chi connectivity index (χ1v) is 14.5. The molecule has 0 spiro atoms. The molecule has 1 aliphatic heterocycles. The quantitative estimate of drug-likeness (QED) is 0.204. The van der Waals surface area contributed by atoms with Gasteiger partial charge in [-0.25, -0.2) is 4.98 Å². The smallest absolute Gasteiger partial charge is 0.480 e. The standard InChI is InChI=1S/C29H27F3N4O6S/c30-29(31,32)41-23-4-2-1-3-20(23)26-21(27(42-34-26)17-5-6-17)15-40-19-9-11-35(12-10-19)28-33-22-8-7-18(13-24(22)43-28)36(16-37)14-25(38)39/h1-4,7-8,13,16-17,19H,5-6,9-12,14-15H2,(H,38,39). The number of carboxylic acid groups (broad SMARTS) is 1. The van der Waals surface area contributed by atoms with Gasteiger partial charge in [0.25, 0.3) is 0 Å². The fourth-order valence-electron chi connectivity index (χ4n) is 5.18. The van der Waals surface area contributed by atoms with Crippen molar-refractivity contribution in [3.63, 3.8) is 0 Å². The van der Waals surface area contributed by atoms with Gasteiger partial charge in [-0.05, 0) is 56.0 Å². The number of benzene rings is 2. The zero-order valence-corrected chi connectivity index (χ0v) is 23.6. The number of carbonyl (C=O) groups is 2. The van der Waals surface area contributed by atoms with Crippen molar-refractivity contribution in [2.45, 2.75) is 50.7 Å². The lowest BCUT2D eigenvalue weighted by molar-refractivity contribution is -0.274. The van der Waals surface area contributed by atoms with Crippen LogP contribution in [0.4, 0.5) is 24.0 Å². The minimum Gasteiger partial charge on any atom is -0.480 e. The van der Waals surface area contributed by atoms with Gasteiger partial charge in [-0.15, -0.1) is 13.2 Å². The normalized spacial score (nSPS) is 16.0. The van der Waals surface area contributed by atoms with E-state index < -0.39 is 18.9 Å². The first-order valence-electron chi connectivity index (χ1n) is 13.7. The van der Waals surface area contributed by atoms with Crippen molar-refractivity contribution in [1.29, 1.82) is 0 Å². The second kappa shape index (κ2) is 11.8. The predicted octanol–water partition coefficient (Wildman–Crippen LogP) is 5.96. The Bertz CT molecular complexity index is 1630. The van der Waals surface area contributed by atoms with E-state index in [1.54, 1.807) is 24.3 Å². The van der Waals surface area contributed by atoms with Crippen molar-refractivity contribution < 1.29 is 41.9 Å². The third-order valence-electron chi connectivity index (χ3n) is 7.44. The molecule has 43 heavy (non-hydrogen) atoms. The van der Waals surface area contributed by atoms with Crippen LogP contribution in [0.3, 0.4) is 0 Å². The van der Waals surface area contributed by atoms with E-state index in [0.717, 1.165) is 33.1 Å². The van der Waals surface area contributed by atoms with E-state index in [1.807, 2.05) is 0 Å². The summed E-state index contributed by atoms with van der Waals surface area (Å²) in [4.78, 5) is 30.4. The summed E-state index contributed by atoms with van der Waals surface area (Å²) in [5.41, 5.74) is 2.38. The molecule has 0 bridgehead atoms. The first kappa shape index (κ1) is 28.9. The highest BCUT2D eigenvalue weighted by molar-refractivity contribution is 7.22. The summed E-state index contributed by atoms with van der Waals surface area (Å²) >= 11 is 1.47. The van der Waals surface area contributed by atoms with Crippen LogP contribution in [0.15, 0.2) is 47.0 Å². The topological polar surface area (TPSA) is 118 Å². The third kappa shape index (κ3) is 6.59. The number of rotatable bonds is 11. The fourth-order valence-corrected chi connectivity index (χ4v) is 6.23. The highest BCUT2D eigenvalue weighted by atomic mass is 32.1. The Morgan fingerprint density at radius 3 is 2.63 bits per heavy atom. The Hall–Kier alpha value is -4.17.